The van der Waals surface area contributed by atoms with E-state index < -0.39 is 8.13 Å². The maximum atomic E-state index is 6.16. The molecular weight excluding hydrogens is 327 g/mol. The number of hydrogen-bond donors (Lipinski definition) is 0. The van der Waals surface area contributed by atoms with Crippen molar-refractivity contribution in [3.63, 3.8) is 0 Å². The molecule has 1 heterocycles. The summed E-state index contributed by atoms with van der Waals surface area (Å²) in [6.07, 6.45) is 0. The minimum atomic E-state index is -1.88. The van der Waals surface area contributed by atoms with Gasteiger partial charge in [-0.1, -0.05) is 84.0 Å². The van der Waals surface area contributed by atoms with Gasteiger partial charge in [0.15, 0.2) is 0 Å². The Morgan fingerprint density at radius 2 is 1.47 bits per heavy atom. The zero-order valence-corrected chi connectivity index (χ0v) is 13.5. The Morgan fingerprint density at radius 3 is 1.82 bits per heavy atom. The molecular formula is C9H12Cl5N3. The van der Waals surface area contributed by atoms with Crippen LogP contribution in [0.2, 0.25) is 0 Å². The fourth-order valence-corrected chi connectivity index (χ4v) is 2.04. The molecule has 0 N–H and O–H groups in total. The van der Waals surface area contributed by atoms with E-state index in [0.717, 1.165) is 0 Å². The van der Waals surface area contributed by atoms with Crippen LogP contribution in [0, 0.1) is 0 Å². The van der Waals surface area contributed by atoms with E-state index in [9.17, 15) is 0 Å². The molecule has 0 aliphatic carbocycles. The molecule has 0 amide bonds. The van der Waals surface area contributed by atoms with Gasteiger partial charge in [-0.3, -0.25) is 0 Å². The quantitative estimate of drug-likeness (QED) is 0.721. The number of alkyl halides is 5. The Morgan fingerprint density at radius 1 is 1.00 bits per heavy atom. The molecule has 1 aromatic rings. The zero-order chi connectivity index (χ0) is 13.6. The van der Waals surface area contributed by atoms with E-state index in [-0.39, 0.29) is 5.41 Å². The molecule has 0 aromatic carbocycles. The summed E-state index contributed by atoms with van der Waals surface area (Å²) < 4.78 is -2.19. The summed E-state index contributed by atoms with van der Waals surface area (Å²) >= 11 is 29.8. The van der Waals surface area contributed by atoms with Gasteiger partial charge in [-0.05, 0) is 0 Å². The van der Waals surface area contributed by atoms with Crippen LogP contribution in [0.3, 0.4) is 0 Å². The molecule has 1 aromatic heterocycles. The van der Waals surface area contributed by atoms with Crippen molar-refractivity contribution in [2.75, 3.05) is 0 Å². The van der Waals surface area contributed by atoms with E-state index in [1.807, 2.05) is 20.8 Å². The normalized spacial score (nSPS) is 14.2. The third-order valence-corrected chi connectivity index (χ3v) is 4.55. The second kappa shape index (κ2) is 4.61. The average molecular weight is 339 g/mol. The van der Waals surface area contributed by atoms with Crippen LogP contribution in [0.5, 0.6) is 0 Å². The van der Waals surface area contributed by atoms with Crippen LogP contribution in [-0.4, -0.2) is 18.8 Å². The van der Waals surface area contributed by atoms with Crippen LogP contribution in [0.15, 0.2) is 0 Å². The lowest BCUT2D eigenvalue weighted by atomic mass is 9.90. The zero-order valence-electron chi connectivity index (χ0n) is 9.73. The van der Waals surface area contributed by atoms with Crippen LogP contribution in [-0.2, 0) is 16.8 Å². The minimum Gasteiger partial charge on any atom is -0.249 e. The monoisotopic (exact) mass is 337 g/mol. The smallest absolute Gasteiger partial charge is 0.228 e. The predicted molar refractivity (Wildman–Crippen MR) is 73.4 cm³/mol. The van der Waals surface area contributed by atoms with Crippen molar-refractivity contribution in [3.8, 4) is 0 Å². The highest BCUT2D eigenvalue weighted by Gasteiger charge is 2.52. The van der Waals surface area contributed by atoms with Gasteiger partial charge in [0.05, 0.1) is 5.69 Å². The first-order chi connectivity index (χ1) is 7.39. The SMILES string of the molecule is Cn1nnc(C(C)(C)C)c1C(Cl)(Cl)C(Cl)(Cl)Cl. The Labute approximate surface area is 125 Å². The molecule has 0 saturated heterocycles. The highest BCUT2D eigenvalue weighted by molar-refractivity contribution is 6.75. The lowest BCUT2D eigenvalue weighted by molar-refractivity contribution is 0.554. The molecule has 0 atom stereocenters. The van der Waals surface area contributed by atoms with E-state index in [2.05, 4.69) is 10.3 Å². The highest BCUT2D eigenvalue weighted by atomic mass is 35.6. The molecule has 0 radical (unpaired) electrons. The summed E-state index contributed by atoms with van der Waals surface area (Å²) in [7, 11) is 1.65. The topological polar surface area (TPSA) is 30.7 Å². The van der Waals surface area contributed by atoms with Crippen molar-refractivity contribution >= 4 is 58.0 Å². The second-order valence-corrected chi connectivity index (χ2v) is 8.34. The van der Waals surface area contributed by atoms with Crippen molar-refractivity contribution in [2.45, 2.75) is 34.3 Å². The Hall–Kier alpha value is 0.590. The Balaban J connectivity index is 3.47. The van der Waals surface area contributed by atoms with E-state index in [1.54, 1.807) is 7.05 Å². The van der Waals surface area contributed by atoms with E-state index in [0.29, 0.717) is 11.4 Å². The molecule has 0 aliphatic heterocycles. The highest BCUT2D eigenvalue weighted by Crippen LogP contribution is 2.54. The molecule has 0 unspecified atom stereocenters. The Bertz CT molecular complexity index is 413. The maximum Gasteiger partial charge on any atom is 0.228 e. The van der Waals surface area contributed by atoms with Gasteiger partial charge in [0, 0.05) is 12.5 Å². The number of aromatic nitrogens is 3. The first-order valence-electron chi connectivity index (χ1n) is 4.74. The van der Waals surface area contributed by atoms with Gasteiger partial charge in [0.1, 0.15) is 5.69 Å². The van der Waals surface area contributed by atoms with Crippen LogP contribution < -0.4 is 0 Å². The van der Waals surface area contributed by atoms with Crippen LogP contribution in [0.1, 0.15) is 32.2 Å². The fraction of sp³-hybridized carbons (Fsp3) is 0.778. The molecule has 1 rings (SSSR count). The largest absolute Gasteiger partial charge is 0.249 e. The molecule has 0 bridgehead atoms. The van der Waals surface area contributed by atoms with Crippen LogP contribution >= 0.6 is 58.0 Å². The lowest BCUT2D eigenvalue weighted by Gasteiger charge is -2.30. The maximum absolute atomic E-state index is 6.16. The summed E-state index contributed by atoms with van der Waals surface area (Å²) in [5, 5.41) is 7.92. The fourth-order valence-electron chi connectivity index (χ4n) is 1.35. The summed E-state index contributed by atoms with van der Waals surface area (Å²) in [5.74, 6) is 0. The molecule has 3 nitrogen and oxygen atoms in total. The first-order valence-corrected chi connectivity index (χ1v) is 6.63. The van der Waals surface area contributed by atoms with Crippen molar-refractivity contribution in [2.24, 2.45) is 7.05 Å². The number of halogens is 5. The van der Waals surface area contributed by atoms with Crippen molar-refractivity contribution in [1.82, 2.24) is 15.0 Å². The Kier molecular flexibility index (Phi) is 4.24. The van der Waals surface area contributed by atoms with Crippen LogP contribution in [0.4, 0.5) is 0 Å². The lowest BCUT2D eigenvalue weighted by Crippen LogP contribution is -2.33. The van der Waals surface area contributed by atoms with E-state index in [4.69, 9.17) is 58.0 Å². The van der Waals surface area contributed by atoms with Gasteiger partial charge in [-0.25, -0.2) is 4.68 Å². The summed E-state index contributed by atoms with van der Waals surface area (Å²) in [6, 6.07) is 0. The summed E-state index contributed by atoms with van der Waals surface area (Å²) in [4.78, 5) is 0. The molecule has 0 saturated carbocycles. The third kappa shape index (κ3) is 2.95. The molecule has 98 valence electrons. The van der Waals surface area contributed by atoms with Gasteiger partial charge in [-0.2, -0.15) is 0 Å². The molecule has 0 aliphatic rings. The molecule has 17 heavy (non-hydrogen) atoms. The van der Waals surface area contributed by atoms with Gasteiger partial charge in [0.2, 0.25) is 8.13 Å². The molecule has 8 heteroatoms. The predicted octanol–water partition coefficient (Wildman–Crippen LogP) is 4.11. The number of hydrogen-bond acceptors (Lipinski definition) is 2. The number of aryl methyl sites for hydroxylation is 1. The number of nitrogens with zero attached hydrogens (tertiary/aromatic N) is 3. The van der Waals surface area contributed by atoms with Gasteiger partial charge >= 0.3 is 0 Å². The molecule has 0 spiro atoms. The van der Waals surface area contributed by atoms with Crippen molar-refractivity contribution in [1.29, 1.82) is 0 Å². The average Bonchev–Trinajstić information content (AvgIpc) is 2.44. The second-order valence-electron chi connectivity index (χ2n) is 4.73. The van der Waals surface area contributed by atoms with Gasteiger partial charge in [-0.15, -0.1) is 5.10 Å². The summed E-state index contributed by atoms with van der Waals surface area (Å²) in [5.41, 5.74) is 0.666. The molecule has 0 fully saturated rings. The van der Waals surface area contributed by atoms with E-state index in [1.165, 1.54) is 4.68 Å². The standard InChI is InChI=1S/C9H12Cl5N3/c1-7(2,3)5-6(17(4)16-15-5)8(10,11)9(12,13)14/h1-4H3. The first kappa shape index (κ1) is 15.6. The van der Waals surface area contributed by atoms with Crippen molar-refractivity contribution < 1.29 is 0 Å². The van der Waals surface area contributed by atoms with Crippen LogP contribution in [0.25, 0.3) is 0 Å². The third-order valence-electron chi connectivity index (χ3n) is 2.19. The van der Waals surface area contributed by atoms with Gasteiger partial charge in [0.25, 0.3) is 0 Å². The minimum absolute atomic E-state index is 0.311. The number of rotatable bonds is 1. The summed E-state index contributed by atoms with van der Waals surface area (Å²) in [6.45, 7) is 5.84. The van der Waals surface area contributed by atoms with Crippen molar-refractivity contribution in [3.05, 3.63) is 11.4 Å². The van der Waals surface area contributed by atoms with E-state index >= 15 is 0 Å². The van der Waals surface area contributed by atoms with Gasteiger partial charge < -0.3 is 0 Å².